The van der Waals surface area contributed by atoms with Crippen molar-refractivity contribution in [3.63, 3.8) is 0 Å². The molecular weight excluding hydrogens is 262 g/mol. The van der Waals surface area contributed by atoms with E-state index in [1.807, 2.05) is 18.2 Å². The molecule has 3 aromatic rings. The molecule has 0 amide bonds. The topological polar surface area (TPSA) is 51.0 Å². The van der Waals surface area contributed by atoms with Crippen LogP contribution in [-0.2, 0) is 6.42 Å². The second kappa shape index (κ2) is 6.50. The summed E-state index contributed by atoms with van der Waals surface area (Å²) < 4.78 is 5.74. The van der Waals surface area contributed by atoms with Crippen molar-refractivity contribution in [1.82, 2.24) is 15.5 Å². The van der Waals surface area contributed by atoms with Gasteiger partial charge in [0.05, 0.1) is 0 Å². The quantitative estimate of drug-likeness (QED) is 0.703. The fourth-order valence-corrected chi connectivity index (χ4v) is 2.29. The SMILES string of the molecule is CCCNCCc1nnc(-c2ccc3ccccc3c2)o1. The van der Waals surface area contributed by atoms with Gasteiger partial charge in [0.15, 0.2) is 0 Å². The summed E-state index contributed by atoms with van der Waals surface area (Å²) in [5, 5.41) is 14.0. The van der Waals surface area contributed by atoms with Crippen LogP contribution in [0.1, 0.15) is 19.2 Å². The number of fused-ring (bicyclic) bond motifs is 1. The van der Waals surface area contributed by atoms with Crippen molar-refractivity contribution >= 4 is 10.8 Å². The van der Waals surface area contributed by atoms with Crippen LogP contribution < -0.4 is 5.32 Å². The Balaban J connectivity index is 1.75. The molecule has 1 N–H and O–H groups in total. The van der Waals surface area contributed by atoms with Crippen LogP contribution in [0, 0.1) is 0 Å². The summed E-state index contributed by atoms with van der Waals surface area (Å²) in [4.78, 5) is 0. The van der Waals surface area contributed by atoms with E-state index in [1.165, 1.54) is 10.8 Å². The van der Waals surface area contributed by atoms with Gasteiger partial charge in [-0.05, 0) is 35.9 Å². The van der Waals surface area contributed by atoms with Crippen LogP contribution in [-0.4, -0.2) is 23.3 Å². The molecule has 1 heterocycles. The predicted octanol–water partition coefficient (Wildman–Crippen LogP) is 3.43. The van der Waals surface area contributed by atoms with Gasteiger partial charge in [0, 0.05) is 18.5 Å². The van der Waals surface area contributed by atoms with Gasteiger partial charge in [-0.3, -0.25) is 0 Å². The van der Waals surface area contributed by atoms with Gasteiger partial charge in [-0.15, -0.1) is 10.2 Å². The molecule has 0 saturated carbocycles. The van der Waals surface area contributed by atoms with E-state index < -0.39 is 0 Å². The second-order valence-corrected chi connectivity index (χ2v) is 5.06. The van der Waals surface area contributed by atoms with Crippen LogP contribution in [0.5, 0.6) is 0 Å². The lowest BCUT2D eigenvalue weighted by Crippen LogP contribution is -2.17. The summed E-state index contributed by atoms with van der Waals surface area (Å²) in [7, 11) is 0. The minimum Gasteiger partial charge on any atom is -0.421 e. The molecule has 2 aromatic carbocycles. The number of benzene rings is 2. The Labute approximate surface area is 124 Å². The molecule has 0 fully saturated rings. The highest BCUT2D eigenvalue weighted by Crippen LogP contribution is 2.23. The second-order valence-electron chi connectivity index (χ2n) is 5.06. The zero-order chi connectivity index (χ0) is 14.5. The summed E-state index contributed by atoms with van der Waals surface area (Å²) in [5.41, 5.74) is 0.967. The Morgan fingerprint density at radius 2 is 1.86 bits per heavy atom. The van der Waals surface area contributed by atoms with Crippen molar-refractivity contribution in [2.45, 2.75) is 19.8 Å². The van der Waals surface area contributed by atoms with Crippen molar-refractivity contribution in [3.8, 4) is 11.5 Å². The Morgan fingerprint density at radius 3 is 2.71 bits per heavy atom. The van der Waals surface area contributed by atoms with Crippen molar-refractivity contribution in [2.75, 3.05) is 13.1 Å². The molecule has 108 valence electrons. The normalized spacial score (nSPS) is 11.1. The van der Waals surface area contributed by atoms with Crippen LogP contribution in [0.2, 0.25) is 0 Å². The Hall–Kier alpha value is -2.20. The van der Waals surface area contributed by atoms with Gasteiger partial charge >= 0.3 is 0 Å². The highest BCUT2D eigenvalue weighted by atomic mass is 16.4. The summed E-state index contributed by atoms with van der Waals surface area (Å²) in [6.07, 6.45) is 1.90. The Kier molecular flexibility index (Phi) is 4.26. The number of nitrogens with zero attached hydrogens (tertiary/aromatic N) is 2. The first-order chi connectivity index (χ1) is 10.4. The van der Waals surface area contributed by atoms with Gasteiger partial charge < -0.3 is 9.73 Å². The number of rotatable bonds is 6. The summed E-state index contributed by atoms with van der Waals surface area (Å²) >= 11 is 0. The van der Waals surface area contributed by atoms with Crippen LogP contribution >= 0.6 is 0 Å². The molecule has 0 aliphatic carbocycles. The molecule has 4 heteroatoms. The molecule has 0 atom stereocenters. The van der Waals surface area contributed by atoms with E-state index in [2.05, 4.69) is 46.7 Å². The van der Waals surface area contributed by atoms with E-state index in [1.54, 1.807) is 0 Å². The van der Waals surface area contributed by atoms with E-state index in [0.717, 1.165) is 31.5 Å². The molecule has 0 spiro atoms. The maximum atomic E-state index is 5.74. The van der Waals surface area contributed by atoms with Crippen molar-refractivity contribution in [2.24, 2.45) is 0 Å². The molecule has 0 unspecified atom stereocenters. The third-order valence-electron chi connectivity index (χ3n) is 3.41. The standard InChI is InChI=1S/C17H19N3O/c1-2-10-18-11-9-16-19-20-17(21-16)15-8-7-13-5-3-4-6-14(13)12-15/h3-8,12,18H,2,9-11H2,1H3. The lowest BCUT2D eigenvalue weighted by Gasteiger charge is -2.00. The molecule has 0 aliphatic rings. The molecule has 0 radical (unpaired) electrons. The number of hydrogen-bond donors (Lipinski definition) is 1. The summed E-state index contributed by atoms with van der Waals surface area (Å²) in [6, 6.07) is 14.4. The number of aromatic nitrogens is 2. The maximum Gasteiger partial charge on any atom is 0.247 e. The first kappa shape index (κ1) is 13.8. The minimum absolute atomic E-state index is 0.589. The summed E-state index contributed by atoms with van der Waals surface area (Å²) in [5.74, 6) is 1.27. The Bertz CT molecular complexity index is 721. The highest BCUT2D eigenvalue weighted by molar-refractivity contribution is 5.86. The molecule has 21 heavy (non-hydrogen) atoms. The van der Waals surface area contributed by atoms with Crippen LogP contribution in [0.3, 0.4) is 0 Å². The van der Waals surface area contributed by atoms with E-state index in [0.29, 0.717) is 11.8 Å². The lowest BCUT2D eigenvalue weighted by molar-refractivity contribution is 0.494. The van der Waals surface area contributed by atoms with E-state index in [9.17, 15) is 0 Å². The van der Waals surface area contributed by atoms with Crippen LogP contribution in [0.15, 0.2) is 46.9 Å². The monoisotopic (exact) mass is 281 g/mol. The lowest BCUT2D eigenvalue weighted by atomic mass is 10.1. The highest BCUT2D eigenvalue weighted by Gasteiger charge is 2.08. The van der Waals surface area contributed by atoms with E-state index in [4.69, 9.17) is 4.42 Å². The average molecular weight is 281 g/mol. The van der Waals surface area contributed by atoms with Gasteiger partial charge in [-0.2, -0.15) is 0 Å². The molecule has 4 nitrogen and oxygen atoms in total. The van der Waals surface area contributed by atoms with Gasteiger partial charge in [0.1, 0.15) is 0 Å². The molecule has 0 aliphatic heterocycles. The van der Waals surface area contributed by atoms with E-state index >= 15 is 0 Å². The van der Waals surface area contributed by atoms with Gasteiger partial charge in [0.2, 0.25) is 11.8 Å². The van der Waals surface area contributed by atoms with Crippen LogP contribution in [0.25, 0.3) is 22.2 Å². The summed E-state index contributed by atoms with van der Waals surface area (Å²) in [6.45, 7) is 4.04. The third kappa shape index (κ3) is 3.28. The molecule has 3 rings (SSSR count). The third-order valence-corrected chi connectivity index (χ3v) is 3.41. The van der Waals surface area contributed by atoms with Crippen molar-refractivity contribution in [3.05, 3.63) is 48.4 Å². The minimum atomic E-state index is 0.589. The number of hydrogen-bond acceptors (Lipinski definition) is 4. The fourth-order valence-electron chi connectivity index (χ4n) is 2.29. The van der Waals surface area contributed by atoms with Crippen LogP contribution in [0.4, 0.5) is 0 Å². The molecule has 0 bridgehead atoms. The zero-order valence-corrected chi connectivity index (χ0v) is 12.2. The largest absolute Gasteiger partial charge is 0.421 e. The molecule has 0 saturated heterocycles. The average Bonchev–Trinajstić information content (AvgIpc) is 3.00. The fraction of sp³-hybridized carbons (Fsp3) is 0.294. The van der Waals surface area contributed by atoms with Gasteiger partial charge in [-0.1, -0.05) is 37.3 Å². The number of nitrogens with one attached hydrogen (secondary N) is 1. The smallest absolute Gasteiger partial charge is 0.247 e. The van der Waals surface area contributed by atoms with Crippen molar-refractivity contribution in [1.29, 1.82) is 0 Å². The molecule has 1 aromatic heterocycles. The first-order valence-electron chi connectivity index (χ1n) is 7.39. The predicted molar refractivity (Wildman–Crippen MR) is 84.1 cm³/mol. The Morgan fingerprint density at radius 1 is 1.00 bits per heavy atom. The van der Waals surface area contributed by atoms with Gasteiger partial charge in [0.25, 0.3) is 0 Å². The molecular formula is C17H19N3O. The maximum absolute atomic E-state index is 5.74. The van der Waals surface area contributed by atoms with E-state index in [-0.39, 0.29) is 0 Å². The zero-order valence-electron chi connectivity index (χ0n) is 12.2. The first-order valence-corrected chi connectivity index (χ1v) is 7.39. The van der Waals surface area contributed by atoms with Gasteiger partial charge in [-0.25, -0.2) is 0 Å². The van der Waals surface area contributed by atoms with Crippen molar-refractivity contribution < 1.29 is 4.42 Å².